The lowest BCUT2D eigenvalue weighted by atomic mass is 10.0. The number of hydrogen-bond donors (Lipinski definition) is 0. The Morgan fingerprint density at radius 1 is 1.05 bits per heavy atom. The van der Waals surface area contributed by atoms with Gasteiger partial charge in [0.25, 0.3) is 0 Å². The fourth-order valence-corrected chi connectivity index (χ4v) is 1.94. The van der Waals surface area contributed by atoms with Gasteiger partial charge in [0.2, 0.25) is 0 Å². The Bertz CT molecular complexity index is 465. The Kier molecular flexibility index (Phi) is 6.22. The minimum atomic E-state index is -0.502. The van der Waals surface area contributed by atoms with E-state index in [0.717, 1.165) is 6.42 Å². The summed E-state index contributed by atoms with van der Waals surface area (Å²) in [6.45, 7) is 7.96. The van der Waals surface area contributed by atoms with E-state index in [9.17, 15) is 9.59 Å². The molecule has 1 aromatic carbocycles. The van der Waals surface area contributed by atoms with Gasteiger partial charge in [0, 0.05) is 0 Å². The molecule has 0 heterocycles. The van der Waals surface area contributed by atoms with Crippen molar-refractivity contribution in [1.29, 1.82) is 0 Å². The first-order valence-corrected chi connectivity index (χ1v) is 6.98. The third-order valence-electron chi connectivity index (χ3n) is 3.05. The number of carbonyl (C=O) groups excluding carboxylic acids is 2. The van der Waals surface area contributed by atoms with Crippen LogP contribution in [-0.4, -0.2) is 24.6 Å². The summed E-state index contributed by atoms with van der Waals surface area (Å²) in [6.07, 6.45) is 0.586. The molecule has 0 aliphatic carbocycles. The van der Waals surface area contributed by atoms with Gasteiger partial charge in [-0.15, -0.1) is 0 Å². The van der Waals surface area contributed by atoms with Crippen molar-refractivity contribution in [3.8, 4) is 0 Å². The molecular formula is C16H22O4. The summed E-state index contributed by atoms with van der Waals surface area (Å²) in [6, 6.07) is 6.56. The molecule has 1 unspecified atom stereocenters. The number of rotatable bonds is 6. The van der Waals surface area contributed by atoms with Crippen LogP contribution in [0.4, 0.5) is 0 Å². The van der Waals surface area contributed by atoms with Gasteiger partial charge >= 0.3 is 11.9 Å². The lowest BCUT2D eigenvalue weighted by Crippen LogP contribution is -2.24. The Balaban J connectivity index is 2.95. The maximum atomic E-state index is 12.2. The summed E-state index contributed by atoms with van der Waals surface area (Å²) in [7, 11) is 0. The molecule has 1 aromatic rings. The third-order valence-corrected chi connectivity index (χ3v) is 3.05. The van der Waals surface area contributed by atoms with Crippen LogP contribution in [0.5, 0.6) is 0 Å². The molecule has 0 spiro atoms. The lowest BCUT2D eigenvalue weighted by molar-refractivity contribution is 0.0167. The standard InChI is InChI=1S/C16H22O4/c1-5-14(11(3)4)20-16(18)13-10-8-7-9-12(13)15(17)19-6-2/h7-11,14H,5-6H2,1-4H3. The highest BCUT2D eigenvalue weighted by atomic mass is 16.5. The van der Waals surface area contributed by atoms with Crippen LogP contribution in [0.1, 0.15) is 54.8 Å². The van der Waals surface area contributed by atoms with Gasteiger partial charge in [-0.2, -0.15) is 0 Å². The molecule has 0 aliphatic heterocycles. The first-order chi connectivity index (χ1) is 9.51. The zero-order valence-electron chi connectivity index (χ0n) is 12.5. The van der Waals surface area contributed by atoms with E-state index in [-0.39, 0.29) is 29.8 Å². The largest absolute Gasteiger partial charge is 0.462 e. The van der Waals surface area contributed by atoms with E-state index in [4.69, 9.17) is 9.47 Å². The topological polar surface area (TPSA) is 52.6 Å². The van der Waals surface area contributed by atoms with E-state index in [2.05, 4.69) is 0 Å². The summed E-state index contributed by atoms with van der Waals surface area (Å²) in [5.41, 5.74) is 0.503. The average Bonchev–Trinajstić information content (AvgIpc) is 2.44. The first-order valence-electron chi connectivity index (χ1n) is 6.98. The molecule has 110 valence electrons. The number of esters is 2. The van der Waals surface area contributed by atoms with Crippen LogP contribution in [0.2, 0.25) is 0 Å². The van der Waals surface area contributed by atoms with Gasteiger partial charge in [-0.05, 0) is 31.4 Å². The predicted octanol–water partition coefficient (Wildman–Crippen LogP) is 3.45. The SMILES string of the molecule is CCOC(=O)c1ccccc1C(=O)OC(CC)C(C)C. The van der Waals surface area contributed by atoms with Crippen LogP contribution in [0, 0.1) is 5.92 Å². The molecule has 0 saturated heterocycles. The Morgan fingerprint density at radius 3 is 2.05 bits per heavy atom. The molecule has 0 aliphatic rings. The summed E-state index contributed by atoms with van der Waals surface area (Å²) >= 11 is 0. The van der Waals surface area contributed by atoms with Crippen molar-refractivity contribution < 1.29 is 19.1 Å². The minimum Gasteiger partial charge on any atom is -0.462 e. The molecule has 0 bridgehead atoms. The molecule has 0 N–H and O–H groups in total. The number of ether oxygens (including phenoxy) is 2. The van der Waals surface area contributed by atoms with Crippen molar-refractivity contribution in [2.24, 2.45) is 5.92 Å². The quantitative estimate of drug-likeness (QED) is 0.748. The molecule has 1 rings (SSSR count). The number of hydrogen-bond acceptors (Lipinski definition) is 4. The summed E-state index contributed by atoms with van der Waals surface area (Å²) in [5, 5.41) is 0. The van der Waals surface area contributed by atoms with E-state index in [1.54, 1.807) is 31.2 Å². The van der Waals surface area contributed by atoms with Crippen molar-refractivity contribution in [2.45, 2.75) is 40.2 Å². The normalized spacial score (nSPS) is 12.1. The van der Waals surface area contributed by atoms with E-state index < -0.39 is 11.9 Å². The van der Waals surface area contributed by atoms with Gasteiger partial charge in [0.1, 0.15) is 6.10 Å². The average molecular weight is 278 g/mol. The highest BCUT2D eigenvalue weighted by Crippen LogP contribution is 2.17. The predicted molar refractivity (Wildman–Crippen MR) is 76.7 cm³/mol. The summed E-state index contributed by atoms with van der Waals surface area (Å²) < 4.78 is 10.4. The Labute approximate surface area is 120 Å². The van der Waals surface area contributed by atoms with Gasteiger partial charge in [-0.3, -0.25) is 0 Å². The van der Waals surface area contributed by atoms with Crippen LogP contribution in [-0.2, 0) is 9.47 Å². The second-order valence-corrected chi connectivity index (χ2v) is 4.86. The molecule has 20 heavy (non-hydrogen) atoms. The molecule has 0 amide bonds. The van der Waals surface area contributed by atoms with Gasteiger partial charge in [-0.25, -0.2) is 9.59 Å². The third kappa shape index (κ3) is 4.08. The minimum absolute atomic E-state index is 0.155. The van der Waals surface area contributed by atoms with E-state index >= 15 is 0 Å². The molecular weight excluding hydrogens is 256 g/mol. The van der Waals surface area contributed by atoms with Crippen LogP contribution < -0.4 is 0 Å². The molecule has 4 nitrogen and oxygen atoms in total. The molecule has 0 aromatic heterocycles. The van der Waals surface area contributed by atoms with Gasteiger partial charge in [-0.1, -0.05) is 32.9 Å². The van der Waals surface area contributed by atoms with E-state index in [0.29, 0.717) is 0 Å². The van der Waals surface area contributed by atoms with Gasteiger partial charge < -0.3 is 9.47 Å². The summed E-state index contributed by atoms with van der Waals surface area (Å²) in [5.74, 6) is -0.745. The van der Waals surface area contributed by atoms with Crippen molar-refractivity contribution in [2.75, 3.05) is 6.61 Å². The molecule has 0 radical (unpaired) electrons. The van der Waals surface area contributed by atoms with E-state index in [1.807, 2.05) is 20.8 Å². The molecule has 1 atom stereocenters. The van der Waals surface area contributed by atoms with E-state index in [1.165, 1.54) is 0 Å². The Morgan fingerprint density at radius 2 is 1.60 bits per heavy atom. The van der Waals surface area contributed by atoms with Crippen LogP contribution in [0.25, 0.3) is 0 Å². The zero-order valence-corrected chi connectivity index (χ0v) is 12.5. The fourth-order valence-electron chi connectivity index (χ4n) is 1.94. The van der Waals surface area contributed by atoms with Gasteiger partial charge in [0.05, 0.1) is 17.7 Å². The lowest BCUT2D eigenvalue weighted by Gasteiger charge is -2.20. The summed E-state index contributed by atoms with van der Waals surface area (Å²) in [4.78, 5) is 24.0. The maximum absolute atomic E-state index is 12.2. The molecule has 0 fully saturated rings. The van der Waals surface area contributed by atoms with Crippen LogP contribution in [0.3, 0.4) is 0 Å². The first kappa shape index (κ1) is 16.2. The van der Waals surface area contributed by atoms with Crippen molar-refractivity contribution in [1.82, 2.24) is 0 Å². The number of benzene rings is 1. The van der Waals surface area contributed by atoms with Crippen LogP contribution in [0.15, 0.2) is 24.3 Å². The smallest absolute Gasteiger partial charge is 0.339 e. The highest BCUT2D eigenvalue weighted by molar-refractivity contribution is 6.03. The fraction of sp³-hybridized carbons (Fsp3) is 0.500. The zero-order chi connectivity index (χ0) is 15.1. The van der Waals surface area contributed by atoms with Crippen molar-refractivity contribution >= 4 is 11.9 Å². The molecule has 4 heteroatoms. The second-order valence-electron chi connectivity index (χ2n) is 4.86. The Hall–Kier alpha value is -1.84. The monoisotopic (exact) mass is 278 g/mol. The molecule has 0 saturated carbocycles. The van der Waals surface area contributed by atoms with Crippen LogP contribution >= 0.6 is 0 Å². The van der Waals surface area contributed by atoms with Crippen molar-refractivity contribution in [3.63, 3.8) is 0 Å². The van der Waals surface area contributed by atoms with Crippen molar-refractivity contribution in [3.05, 3.63) is 35.4 Å². The van der Waals surface area contributed by atoms with Gasteiger partial charge in [0.15, 0.2) is 0 Å². The second kappa shape index (κ2) is 7.68. The maximum Gasteiger partial charge on any atom is 0.339 e. The highest BCUT2D eigenvalue weighted by Gasteiger charge is 2.22. The number of carbonyl (C=O) groups is 2.